The van der Waals surface area contributed by atoms with Crippen molar-refractivity contribution < 1.29 is 4.79 Å². The van der Waals surface area contributed by atoms with E-state index >= 15 is 0 Å². The monoisotopic (exact) mass is 169 g/mol. The van der Waals surface area contributed by atoms with Crippen molar-refractivity contribution in [2.75, 3.05) is 14.1 Å². The molecule has 0 aromatic rings. The number of nitrogens with zero attached hydrogens (tertiary/aromatic N) is 1. The summed E-state index contributed by atoms with van der Waals surface area (Å²) in [6, 6.07) is 0. The van der Waals surface area contributed by atoms with Crippen LogP contribution in [0.4, 0.5) is 0 Å². The summed E-state index contributed by atoms with van der Waals surface area (Å²) in [7, 11) is 3.51. The van der Waals surface area contributed by atoms with Crippen molar-refractivity contribution in [3.05, 3.63) is 12.2 Å². The Morgan fingerprint density at radius 2 is 1.83 bits per heavy atom. The topological polar surface area (TPSA) is 20.3 Å². The van der Waals surface area contributed by atoms with E-state index in [1.807, 2.05) is 6.08 Å². The highest BCUT2D eigenvalue weighted by molar-refractivity contribution is 5.87. The molecule has 0 saturated carbocycles. The molecule has 0 aliphatic carbocycles. The summed E-state index contributed by atoms with van der Waals surface area (Å²) in [6.07, 6.45) is 4.50. The Balaban J connectivity index is 3.86. The van der Waals surface area contributed by atoms with Gasteiger partial charge in [0.25, 0.3) is 0 Å². The van der Waals surface area contributed by atoms with Gasteiger partial charge in [0, 0.05) is 14.1 Å². The first-order chi connectivity index (χ1) is 5.33. The zero-order valence-electron chi connectivity index (χ0n) is 8.72. The van der Waals surface area contributed by atoms with Crippen LogP contribution in [0.3, 0.4) is 0 Å². The third kappa shape index (κ3) is 5.96. The van der Waals surface area contributed by atoms with Crippen LogP contribution in [-0.4, -0.2) is 24.9 Å². The average Bonchev–Trinajstić information content (AvgIpc) is 1.84. The fourth-order valence-corrected chi connectivity index (χ4v) is 0.662. The van der Waals surface area contributed by atoms with Crippen LogP contribution in [-0.2, 0) is 4.79 Å². The van der Waals surface area contributed by atoms with Crippen LogP contribution in [0.15, 0.2) is 12.2 Å². The molecule has 12 heavy (non-hydrogen) atoms. The molecule has 0 saturated heterocycles. The van der Waals surface area contributed by atoms with Crippen LogP contribution in [0.2, 0.25) is 0 Å². The first-order valence-electron chi connectivity index (χ1n) is 4.21. The molecule has 0 unspecified atom stereocenters. The molecular weight excluding hydrogens is 150 g/mol. The zero-order valence-corrected chi connectivity index (χ0v) is 8.72. The van der Waals surface area contributed by atoms with Gasteiger partial charge in [-0.05, 0) is 17.9 Å². The van der Waals surface area contributed by atoms with Crippen LogP contribution in [0.5, 0.6) is 0 Å². The highest BCUT2D eigenvalue weighted by Gasteiger charge is 2.07. The van der Waals surface area contributed by atoms with Gasteiger partial charge < -0.3 is 4.90 Å². The van der Waals surface area contributed by atoms with Crippen LogP contribution < -0.4 is 0 Å². The summed E-state index contributed by atoms with van der Waals surface area (Å²) in [4.78, 5) is 12.6. The van der Waals surface area contributed by atoms with E-state index in [-0.39, 0.29) is 11.3 Å². The highest BCUT2D eigenvalue weighted by atomic mass is 16.2. The normalized spacial score (nSPS) is 12.1. The van der Waals surface area contributed by atoms with E-state index in [9.17, 15) is 4.79 Å². The number of carbonyl (C=O) groups is 1. The molecule has 0 rings (SSSR count). The smallest absolute Gasteiger partial charge is 0.245 e. The molecule has 0 aliphatic rings. The molecule has 0 aliphatic heterocycles. The van der Waals surface area contributed by atoms with E-state index < -0.39 is 0 Å². The Morgan fingerprint density at radius 1 is 1.33 bits per heavy atom. The lowest BCUT2D eigenvalue weighted by Gasteiger charge is -2.14. The first kappa shape index (κ1) is 11.2. The van der Waals surface area contributed by atoms with Crippen molar-refractivity contribution in [3.63, 3.8) is 0 Å². The van der Waals surface area contributed by atoms with Crippen LogP contribution in [0.1, 0.15) is 27.2 Å². The highest BCUT2D eigenvalue weighted by Crippen LogP contribution is 2.18. The molecule has 0 heterocycles. The third-order valence-electron chi connectivity index (χ3n) is 1.43. The Labute approximate surface area is 75.3 Å². The SMILES string of the molecule is CN(C)C(=O)/C=C/CC(C)(C)C. The van der Waals surface area contributed by atoms with E-state index in [2.05, 4.69) is 20.8 Å². The number of rotatable bonds is 2. The second-order valence-corrected chi connectivity index (χ2v) is 4.40. The van der Waals surface area contributed by atoms with E-state index in [0.717, 1.165) is 6.42 Å². The molecule has 0 N–H and O–H groups in total. The van der Waals surface area contributed by atoms with Gasteiger partial charge in [-0.25, -0.2) is 0 Å². The van der Waals surface area contributed by atoms with Gasteiger partial charge in [-0.15, -0.1) is 0 Å². The molecule has 0 bridgehead atoms. The number of likely N-dealkylation sites (N-methyl/N-ethyl adjacent to an activating group) is 1. The summed E-state index contributed by atoms with van der Waals surface area (Å²) in [5.41, 5.74) is 0.267. The van der Waals surface area contributed by atoms with E-state index in [0.29, 0.717) is 0 Å². The largest absolute Gasteiger partial charge is 0.345 e. The van der Waals surface area contributed by atoms with E-state index in [4.69, 9.17) is 0 Å². The minimum absolute atomic E-state index is 0.0549. The van der Waals surface area contributed by atoms with Crippen LogP contribution in [0, 0.1) is 5.41 Å². The zero-order chi connectivity index (χ0) is 9.78. The summed E-state index contributed by atoms with van der Waals surface area (Å²) < 4.78 is 0. The summed E-state index contributed by atoms with van der Waals surface area (Å²) >= 11 is 0. The number of hydrogen-bond acceptors (Lipinski definition) is 1. The average molecular weight is 169 g/mol. The van der Waals surface area contributed by atoms with Crippen molar-refractivity contribution in [2.45, 2.75) is 27.2 Å². The molecule has 70 valence electrons. The first-order valence-corrected chi connectivity index (χ1v) is 4.21. The summed E-state index contributed by atoms with van der Waals surface area (Å²) in [5.74, 6) is 0.0549. The fraction of sp³-hybridized carbons (Fsp3) is 0.700. The maximum absolute atomic E-state index is 11.1. The molecule has 0 spiro atoms. The quantitative estimate of drug-likeness (QED) is 0.579. The van der Waals surface area contributed by atoms with Gasteiger partial charge >= 0.3 is 0 Å². The van der Waals surface area contributed by atoms with Gasteiger partial charge in [-0.1, -0.05) is 26.8 Å². The van der Waals surface area contributed by atoms with Crippen molar-refractivity contribution >= 4 is 5.91 Å². The minimum Gasteiger partial charge on any atom is -0.345 e. The summed E-state index contributed by atoms with van der Waals surface area (Å²) in [6.45, 7) is 6.45. The van der Waals surface area contributed by atoms with E-state index in [1.165, 1.54) is 0 Å². The van der Waals surface area contributed by atoms with Crippen molar-refractivity contribution in [3.8, 4) is 0 Å². The molecule has 0 fully saturated rings. The molecule has 0 radical (unpaired) electrons. The standard InChI is InChI=1S/C10H19NO/c1-10(2,3)8-6-7-9(12)11(4)5/h6-7H,8H2,1-5H3/b7-6+. The Bertz CT molecular complexity index is 175. The van der Waals surface area contributed by atoms with Gasteiger partial charge in [-0.3, -0.25) is 4.79 Å². The van der Waals surface area contributed by atoms with Gasteiger partial charge in [-0.2, -0.15) is 0 Å². The summed E-state index contributed by atoms with van der Waals surface area (Å²) in [5, 5.41) is 0. The van der Waals surface area contributed by atoms with Crippen molar-refractivity contribution in [2.24, 2.45) is 5.41 Å². The predicted octanol–water partition coefficient (Wildman–Crippen LogP) is 2.07. The number of carbonyl (C=O) groups excluding carboxylic acids is 1. The van der Waals surface area contributed by atoms with Gasteiger partial charge in [0.05, 0.1) is 0 Å². The third-order valence-corrected chi connectivity index (χ3v) is 1.43. The Hall–Kier alpha value is -0.790. The van der Waals surface area contributed by atoms with E-state index in [1.54, 1.807) is 25.1 Å². The molecular formula is C10H19NO. The number of amides is 1. The van der Waals surface area contributed by atoms with Crippen LogP contribution in [0.25, 0.3) is 0 Å². The van der Waals surface area contributed by atoms with Gasteiger partial charge in [0.15, 0.2) is 0 Å². The Kier molecular flexibility index (Phi) is 4.01. The molecule has 0 atom stereocenters. The second-order valence-electron chi connectivity index (χ2n) is 4.40. The molecule has 0 aromatic heterocycles. The van der Waals surface area contributed by atoms with Gasteiger partial charge in [0.1, 0.15) is 0 Å². The second kappa shape index (κ2) is 4.29. The fourth-order valence-electron chi connectivity index (χ4n) is 0.662. The lowest BCUT2D eigenvalue weighted by atomic mass is 9.92. The van der Waals surface area contributed by atoms with Crippen LogP contribution >= 0.6 is 0 Å². The lowest BCUT2D eigenvalue weighted by Crippen LogP contribution is -2.18. The van der Waals surface area contributed by atoms with Crippen molar-refractivity contribution in [1.82, 2.24) is 4.90 Å². The van der Waals surface area contributed by atoms with Crippen molar-refractivity contribution in [1.29, 1.82) is 0 Å². The molecule has 2 heteroatoms. The Morgan fingerprint density at radius 3 is 2.17 bits per heavy atom. The predicted molar refractivity (Wildman–Crippen MR) is 51.9 cm³/mol. The number of hydrogen-bond donors (Lipinski definition) is 0. The molecule has 1 amide bonds. The molecule has 2 nitrogen and oxygen atoms in total. The minimum atomic E-state index is 0.0549. The van der Waals surface area contributed by atoms with Gasteiger partial charge in [0.2, 0.25) is 5.91 Å². The number of allylic oxidation sites excluding steroid dienone is 1. The molecule has 0 aromatic carbocycles. The maximum Gasteiger partial charge on any atom is 0.245 e. The lowest BCUT2D eigenvalue weighted by molar-refractivity contribution is -0.123. The maximum atomic E-state index is 11.1.